The molecule has 0 bridgehead atoms. The van der Waals surface area contributed by atoms with E-state index in [4.69, 9.17) is 4.74 Å². The van der Waals surface area contributed by atoms with Crippen LogP contribution in [0.5, 0.6) is 0 Å². The molecule has 0 aliphatic rings. The molecule has 0 radical (unpaired) electrons. The third-order valence-corrected chi connectivity index (χ3v) is 4.87. The Balaban J connectivity index is 1.47. The van der Waals surface area contributed by atoms with E-state index in [2.05, 4.69) is 26.1 Å². The van der Waals surface area contributed by atoms with Crippen molar-refractivity contribution in [1.82, 2.24) is 5.32 Å². The van der Waals surface area contributed by atoms with Gasteiger partial charge in [0, 0.05) is 5.56 Å². The maximum Gasteiger partial charge on any atom is 0.325 e. The fourth-order valence-corrected chi connectivity index (χ4v) is 3.01. The summed E-state index contributed by atoms with van der Waals surface area (Å²) in [6.45, 7) is 6.48. The van der Waals surface area contributed by atoms with E-state index in [-0.39, 0.29) is 24.5 Å². The van der Waals surface area contributed by atoms with Gasteiger partial charge in [0.25, 0.3) is 5.91 Å². The molecule has 154 valence electrons. The lowest BCUT2D eigenvalue weighted by Gasteiger charge is -2.19. The van der Waals surface area contributed by atoms with E-state index in [9.17, 15) is 9.59 Å². The highest BCUT2D eigenvalue weighted by atomic mass is 16.5. The monoisotopic (exact) mass is 401 g/mol. The predicted octanol–water partition coefficient (Wildman–Crippen LogP) is 5.12. The number of hydrogen-bond acceptors (Lipinski definition) is 3. The van der Waals surface area contributed by atoms with Gasteiger partial charge in [-0.05, 0) is 39.8 Å². The molecule has 30 heavy (non-hydrogen) atoms. The zero-order chi connectivity index (χ0) is 21.6. The van der Waals surface area contributed by atoms with E-state index in [1.165, 1.54) is 5.56 Å². The topological polar surface area (TPSA) is 55.4 Å². The van der Waals surface area contributed by atoms with E-state index in [1.54, 1.807) is 12.1 Å². The summed E-state index contributed by atoms with van der Waals surface area (Å²) in [6.07, 6.45) is 0. The molecule has 3 aromatic rings. The molecule has 1 N–H and O–H groups in total. The van der Waals surface area contributed by atoms with Crippen LogP contribution in [-0.4, -0.2) is 18.4 Å². The number of rotatable bonds is 6. The highest BCUT2D eigenvalue weighted by Gasteiger charge is 2.13. The number of nitrogens with one attached hydrogen (secondary N) is 1. The average Bonchev–Trinajstić information content (AvgIpc) is 2.76. The Bertz CT molecular complexity index is 985. The van der Waals surface area contributed by atoms with Crippen LogP contribution in [0.2, 0.25) is 0 Å². The van der Waals surface area contributed by atoms with Gasteiger partial charge < -0.3 is 10.1 Å². The predicted molar refractivity (Wildman–Crippen MR) is 119 cm³/mol. The van der Waals surface area contributed by atoms with Crippen LogP contribution in [0.1, 0.15) is 42.3 Å². The molecule has 3 rings (SSSR count). The number of ether oxygens (including phenoxy) is 1. The van der Waals surface area contributed by atoms with E-state index >= 15 is 0 Å². The summed E-state index contributed by atoms with van der Waals surface area (Å²) >= 11 is 0. The quantitative estimate of drug-likeness (QED) is 0.583. The molecule has 0 spiro atoms. The van der Waals surface area contributed by atoms with Gasteiger partial charge in [-0.2, -0.15) is 0 Å². The summed E-state index contributed by atoms with van der Waals surface area (Å²) < 4.78 is 5.26. The van der Waals surface area contributed by atoms with Crippen molar-refractivity contribution in [2.75, 3.05) is 6.54 Å². The maximum absolute atomic E-state index is 12.3. The first-order chi connectivity index (χ1) is 14.3. The third kappa shape index (κ3) is 5.80. The minimum absolute atomic E-state index is 0.0821. The van der Waals surface area contributed by atoms with Gasteiger partial charge in [0.2, 0.25) is 0 Å². The fourth-order valence-electron chi connectivity index (χ4n) is 3.01. The normalized spacial score (nSPS) is 11.0. The van der Waals surface area contributed by atoms with Gasteiger partial charge in [-0.25, -0.2) is 0 Å². The third-order valence-electron chi connectivity index (χ3n) is 4.87. The summed E-state index contributed by atoms with van der Waals surface area (Å²) in [6, 6.07) is 25.2. The molecule has 0 aliphatic carbocycles. The SMILES string of the molecule is CC(C)(C)c1ccc(COC(=O)CNC(=O)c2ccc(-c3ccccc3)cc2)cc1. The molecule has 0 aromatic heterocycles. The second-order valence-corrected chi connectivity index (χ2v) is 8.23. The van der Waals surface area contributed by atoms with E-state index in [0.717, 1.165) is 16.7 Å². The Morgan fingerprint density at radius 3 is 2.00 bits per heavy atom. The molecule has 0 unspecified atom stereocenters. The number of amides is 1. The van der Waals surface area contributed by atoms with Crippen molar-refractivity contribution < 1.29 is 14.3 Å². The lowest BCUT2D eigenvalue weighted by atomic mass is 9.87. The first kappa shape index (κ1) is 21.3. The Morgan fingerprint density at radius 2 is 1.40 bits per heavy atom. The van der Waals surface area contributed by atoms with E-state index < -0.39 is 5.97 Å². The Labute approximate surface area is 177 Å². The van der Waals surface area contributed by atoms with Crippen LogP contribution in [0.25, 0.3) is 11.1 Å². The van der Waals surface area contributed by atoms with Gasteiger partial charge in [0.15, 0.2) is 0 Å². The molecule has 0 saturated carbocycles. The number of carbonyl (C=O) groups is 2. The molecule has 4 heteroatoms. The van der Waals surface area contributed by atoms with E-state index in [0.29, 0.717) is 5.56 Å². The highest BCUT2D eigenvalue weighted by Crippen LogP contribution is 2.22. The number of benzene rings is 3. The minimum atomic E-state index is -0.468. The maximum atomic E-state index is 12.3. The summed E-state index contributed by atoms with van der Waals surface area (Å²) in [7, 11) is 0. The molecule has 1 amide bonds. The largest absolute Gasteiger partial charge is 0.460 e. The average molecular weight is 402 g/mol. The first-order valence-corrected chi connectivity index (χ1v) is 10.0. The van der Waals surface area contributed by atoms with Crippen molar-refractivity contribution in [3.8, 4) is 11.1 Å². The second-order valence-electron chi connectivity index (χ2n) is 8.23. The molecular formula is C26H27NO3. The fraction of sp³-hybridized carbons (Fsp3) is 0.231. The second kappa shape index (κ2) is 9.40. The standard InChI is InChI=1S/C26H27NO3/c1-26(2,3)23-15-9-19(10-16-23)18-30-24(28)17-27-25(29)22-13-11-21(12-14-22)20-7-5-4-6-8-20/h4-16H,17-18H2,1-3H3,(H,27,29). The van der Waals surface area contributed by atoms with Crippen LogP contribution in [0, 0.1) is 0 Å². The molecule has 4 nitrogen and oxygen atoms in total. The Hall–Kier alpha value is -3.40. The summed E-state index contributed by atoms with van der Waals surface area (Å²) in [4.78, 5) is 24.3. The molecule has 0 saturated heterocycles. The van der Waals surface area contributed by atoms with Crippen LogP contribution in [0.3, 0.4) is 0 Å². The number of carbonyl (C=O) groups excluding carboxylic acids is 2. The lowest BCUT2D eigenvalue weighted by molar-refractivity contribution is -0.143. The molecule has 0 fully saturated rings. The molecule has 3 aromatic carbocycles. The molecular weight excluding hydrogens is 374 g/mol. The van der Waals surface area contributed by atoms with Crippen LogP contribution >= 0.6 is 0 Å². The van der Waals surface area contributed by atoms with Crippen molar-refractivity contribution in [2.45, 2.75) is 32.8 Å². The molecule has 0 heterocycles. The summed E-state index contributed by atoms with van der Waals surface area (Å²) in [5, 5.41) is 2.61. The Kier molecular flexibility index (Phi) is 6.68. The minimum Gasteiger partial charge on any atom is -0.460 e. The van der Waals surface area contributed by atoms with Crippen LogP contribution in [0.15, 0.2) is 78.9 Å². The van der Waals surface area contributed by atoms with Crippen LogP contribution < -0.4 is 5.32 Å². The zero-order valence-electron chi connectivity index (χ0n) is 17.6. The summed E-state index contributed by atoms with van der Waals surface area (Å²) in [5.41, 5.74) is 4.84. The van der Waals surface area contributed by atoms with Gasteiger partial charge in [-0.3, -0.25) is 9.59 Å². The van der Waals surface area contributed by atoms with Gasteiger partial charge in [-0.1, -0.05) is 87.5 Å². The Morgan fingerprint density at radius 1 is 0.800 bits per heavy atom. The van der Waals surface area contributed by atoms with Crippen molar-refractivity contribution in [3.05, 3.63) is 95.6 Å². The van der Waals surface area contributed by atoms with E-state index in [1.807, 2.05) is 66.7 Å². The number of hydrogen-bond donors (Lipinski definition) is 1. The van der Waals surface area contributed by atoms with Gasteiger partial charge in [0.1, 0.15) is 13.2 Å². The van der Waals surface area contributed by atoms with Crippen LogP contribution in [0.4, 0.5) is 0 Å². The van der Waals surface area contributed by atoms with Crippen LogP contribution in [-0.2, 0) is 21.6 Å². The van der Waals surface area contributed by atoms with Gasteiger partial charge in [0.05, 0.1) is 0 Å². The lowest BCUT2D eigenvalue weighted by Crippen LogP contribution is -2.30. The zero-order valence-corrected chi connectivity index (χ0v) is 17.6. The van der Waals surface area contributed by atoms with Crippen molar-refractivity contribution >= 4 is 11.9 Å². The first-order valence-electron chi connectivity index (χ1n) is 10.0. The smallest absolute Gasteiger partial charge is 0.325 e. The number of esters is 1. The van der Waals surface area contributed by atoms with Gasteiger partial charge in [-0.15, -0.1) is 0 Å². The van der Waals surface area contributed by atoms with Gasteiger partial charge >= 0.3 is 5.97 Å². The molecule has 0 aliphatic heterocycles. The highest BCUT2D eigenvalue weighted by molar-refractivity contribution is 5.96. The molecule has 0 atom stereocenters. The van der Waals surface area contributed by atoms with Crippen molar-refractivity contribution in [1.29, 1.82) is 0 Å². The summed E-state index contributed by atoms with van der Waals surface area (Å²) in [5.74, 6) is -0.773. The van der Waals surface area contributed by atoms with Crippen molar-refractivity contribution in [3.63, 3.8) is 0 Å². The van der Waals surface area contributed by atoms with Crippen molar-refractivity contribution in [2.24, 2.45) is 0 Å².